The molecule has 0 saturated heterocycles. The van der Waals surface area contributed by atoms with E-state index in [0.29, 0.717) is 0 Å². The summed E-state index contributed by atoms with van der Waals surface area (Å²) in [4.78, 5) is 6.10. The van der Waals surface area contributed by atoms with Crippen LogP contribution >= 0.6 is 0 Å². The topological polar surface area (TPSA) is 29.9 Å². The van der Waals surface area contributed by atoms with Crippen molar-refractivity contribution >= 4 is 0 Å². The maximum absolute atomic E-state index is 3.08. The lowest BCUT2D eigenvalue weighted by molar-refractivity contribution is -0.394. The van der Waals surface area contributed by atoms with Gasteiger partial charge in [0.05, 0.1) is 0 Å². The van der Waals surface area contributed by atoms with E-state index in [0.717, 1.165) is 5.82 Å². The van der Waals surface area contributed by atoms with Gasteiger partial charge in [0.2, 0.25) is 5.82 Å². The van der Waals surface area contributed by atoms with Gasteiger partial charge in [-0.05, 0) is 0 Å². The van der Waals surface area contributed by atoms with E-state index < -0.39 is 0 Å². The third-order valence-electron chi connectivity index (χ3n) is 0.890. The number of hydrogen-bond donors (Lipinski definition) is 1. The summed E-state index contributed by atoms with van der Waals surface area (Å²) in [7, 11) is 0. The number of H-pyrrole nitrogens is 2. The zero-order chi connectivity index (χ0) is 5.28. The molecule has 0 aromatic carbocycles. The van der Waals surface area contributed by atoms with Crippen LogP contribution in [0.3, 0.4) is 0 Å². The predicted octanol–water partition coefficient (Wildman–Crippen LogP) is -5.55. The lowest BCUT2D eigenvalue weighted by atomic mass is 10.6. The van der Waals surface area contributed by atoms with Gasteiger partial charge in [-0.2, -0.15) is 0 Å². The van der Waals surface area contributed by atoms with Crippen molar-refractivity contribution in [1.82, 2.24) is 4.98 Å². The number of nitrogens with one attached hydrogen (secondary N) is 2. The molecule has 1 rings (SSSR count). The van der Waals surface area contributed by atoms with Crippen molar-refractivity contribution in [3.63, 3.8) is 0 Å². The molecule has 0 unspecified atom stereocenters. The van der Waals surface area contributed by atoms with Gasteiger partial charge in [-0.25, -0.2) is 9.97 Å². The van der Waals surface area contributed by atoms with E-state index in [1.54, 1.807) is 0 Å². The largest absolute Gasteiger partial charge is 1.00 e. The van der Waals surface area contributed by atoms with Crippen molar-refractivity contribution < 1.29 is 29.8 Å². The van der Waals surface area contributed by atoms with E-state index in [1.165, 1.54) is 5.69 Å². The molecule has 0 spiro atoms. The van der Waals surface area contributed by atoms with E-state index in [-0.39, 0.29) is 24.8 Å². The highest BCUT2D eigenvalue weighted by Crippen LogP contribution is 1.81. The first kappa shape index (κ1) is 11.6. The summed E-state index contributed by atoms with van der Waals surface area (Å²) in [6.07, 6.45) is 1.94. The van der Waals surface area contributed by atoms with Gasteiger partial charge in [-0.1, -0.05) is 0 Å². The van der Waals surface area contributed by atoms with Crippen LogP contribution in [0.15, 0.2) is 6.20 Å². The molecular weight excluding hydrogens is 159 g/mol. The Morgan fingerprint density at radius 3 is 2.00 bits per heavy atom. The van der Waals surface area contributed by atoms with Crippen molar-refractivity contribution in [2.24, 2.45) is 0 Å². The van der Waals surface area contributed by atoms with Crippen molar-refractivity contribution in [3.8, 4) is 0 Å². The maximum atomic E-state index is 3.08. The molecule has 1 aromatic heterocycles. The van der Waals surface area contributed by atoms with E-state index in [1.807, 2.05) is 20.0 Å². The lowest BCUT2D eigenvalue weighted by Gasteiger charge is -1.64. The zero-order valence-electron chi connectivity index (χ0n) is 5.33. The summed E-state index contributed by atoms with van der Waals surface area (Å²) in [6, 6.07) is 0. The van der Waals surface area contributed by atoms with Gasteiger partial charge in [-0.15, -0.1) is 0 Å². The molecule has 0 aliphatic carbocycles. The normalized spacial score (nSPS) is 7.33. The third-order valence-corrected chi connectivity index (χ3v) is 0.890. The number of aromatic amines is 2. The van der Waals surface area contributed by atoms with Crippen molar-refractivity contribution in [3.05, 3.63) is 17.7 Å². The van der Waals surface area contributed by atoms with Crippen LogP contribution in [0.25, 0.3) is 0 Å². The van der Waals surface area contributed by atoms with Crippen LogP contribution in [-0.2, 0) is 0 Å². The monoisotopic (exact) mass is 167 g/mol. The van der Waals surface area contributed by atoms with Crippen LogP contribution in [0.5, 0.6) is 0 Å². The number of halogens is 2. The zero-order valence-corrected chi connectivity index (χ0v) is 6.85. The molecule has 0 fully saturated rings. The lowest BCUT2D eigenvalue weighted by Crippen LogP contribution is -3.00. The minimum atomic E-state index is 0. The minimum absolute atomic E-state index is 0. The average Bonchev–Trinajstić information content (AvgIpc) is 1.87. The molecule has 0 radical (unpaired) electrons. The van der Waals surface area contributed by atoms with Crippen molar-refractivity contribution in [2.75, 3.05) is 0 Å². The van der Waals surface area contributed by atoms with Crippen molar-refractivity contribution in [1.29, 1.82) is 0 Å². The smallest absolute Gasteiger partial charge is 0.248 e. The van der Waals surface area contributed by atoms with E-state index >= 15 is 0 Å². The summed E-state index contributed by atoms with van der Waals surface area (Å²) in [5.41, 5.74) is 1.18. The number of hydrogen-bond acceptors (Lipinski definition) is 0. The highest BCUT2D eigenvalue weighted by molar-refractivity contribution is 4.83. The second-order valence-electron chi connectivity index (χ2n) is 1.72. The second-order valence-corrected chi connectivity index (χ2v) is 1.72. The van der Waals surface area contributed by atoms with Crippen LogP contribution < -0.4 is 29.8 Å². The first-order chi connectivity index (χ1) is 3.29. The SMILES string of the molecule is Cc1c[nH]c(C)[nH+]1.[Cl-].[Cl-]. The van der Waals surface area contributed by atoms with E-state index in [9.17, 15) is 0 Å². The standard InChI is InChI=1S/C5H8N2.2ClH/c1-4-3-6-5(2)7-4;;/h3H,1-2H3,(H,6,7);2*1H/p-1. The first-order valence-corrected chi connectivity index (χ1v) is 2.33. The van der Waals surface area contributed by atoms with E-state index in [4.69, 9.17) is 0 Å². The Hall–Kier alpha value is -0.210. The van der Waals surface area contributed by atoms with Gasteiger partial charge < -0.3 is 24.8 Å². The van der Waals surface area contributed by atoms with Crippen LogP contribution in [0, 0.1) is 13.8 Å². The highest BCUT2D eigenvalue weighted by Gasteiger charge is 1.92. The summed E-state index contributed by atoms with van der Waals surface area (Å²) < 4.78 is 0. The van der Waals surface area contributed by atoms with Gasteiger partial charge in [0.1, 0.15) is 11.9 Å². The number of imidazole rings is 1. The Morgan fingerprint density at radius 2 is 1.89 bits per heavy atom. The van der Waals surface area contributed by atoms with Gasteiger partial charge in [0.25, 0.3) is 0 Å². The molecule has 0 amide bonds. The third kappa shape index (κ3) is 3.38. The molecule has 0 bridgehead atoms. The van der Waals surface area contributed by atoms with Gasteiger partial charge in [-0.3, -0.25) is 0 Å². The Labute approximate surface area is 66.9 Å². The molecule has 0 atom stereocenters. The number of aromatic nitrogens is 2. The number of rotatable bonds is 0. The fourth-order valence-corrected chi connectivity index (χ4v) is 0.584. The Balaban J connectivity index is 0. The Kier molecular flexibility index (Phi) is 5.98. The number of aryl methyl sites for hydroxylation is 2. The first-order valence-electron chi connectivity index (χ1n) is 2.33. The molecule has 54 valence electrons. The summed E-state index contributed by atoms with van der Waals surface area (Å²) in [5, 5.41) is 0. The van der Waals surface area contributed by atoms with Gasteiger partial charge >= 0.3 is 0 Å². The van der Waals surface area contributed by atoms with Gasteiger partial charge in [0.15, 0.2) is 0 Å². The quantitative estimate of drug-likeness (QED) is 0.400. The molecule has 2 N–H and O–H groups in total. The fourth-order valence-electron chi connectivity index (χ4n) is 0.584. The molecule has 2 nitrogen and oxygen atoms in total. The minimum Gasteiger partial charge on any atom is -1.00 e. The molecule has 9 heavy (non-hydrogen) atoms. The fraction of sp³-hybridized carbons (Fsp3) is 0.400. The summed E-state index contributed by atoms with van der Waals surface area (Å²) in [6.45, 7) is 4.01. The Bertz CT molecular complexity index is 145. The molecule has 0 saturated carbocycles. The molecule has 0 aliphatic heterocycles. The maximum Gasteiger partial charge on any atom is 0.248 e. The van der Waals surface area contributed by atoms with Crippen molar-refractivity contribution in [2.45, 2.75) is 13.8 Å². The van der Waals surface area contributed by atoms with Crippen LogP contribution in [0.2, 0.25) is 0 Å². The Morgan fingerprint density at radius 1 is 1.33 bits per heavy atom. The molecular formula is C5H9Cl2N2-. The highest BCUT2D eigenvalue weighted by atomic mass is 35.5. The molecule has 1 aromatic rings. The summed E-state index contributed by atoms with van der Waals surface area (Å²) in [5.74, 6) is 1.11. The second kappa shape index (κ2) is 4.65. The average molecular weight is 168 g/mol. The molecule has 1 heterocycles. The van der Waals surface area contributed by atoms with E-state index in [2.05, 4.69) is 9.97 Å². The molecule has 0 aliphatic rings. The van der Waals surface area contributed by atoms with Crippen LogP contribution in [0.4, 0.5) is 0 Å². The van der Waals surface area contributed by atoms with Gasteiger partial charge in [0, 0.05) is 13.8 Å². The van der Waals surface area contributed by atoms with Crippen LogP contribution in [-0.4, -0.2) is 4.98 Å². The predicted molar refractivity (Wildman–Crippen MR) is 26.8 cm³/mol. The molecule has 4 heteroatoms. The summed E-state index contributed by atoms with van der Waals surface area (Å²) >= 11 is 0. The van der Waals surface area contributed by atoms with Crippen LogP contribution in [0.1, 0.15) is 11.5 Å².